The fourth-order valence-corrected chi connectivity index (χ4v) is 1.68. The summed E-state index contributed by atoms with van der Waals surface area (Å²) < 4.78 is 35.9. The fourth-order valence-electron chi connectivity index (χ4n) is 1.68. The molecule has 2 aromatic rings. The van der Waals surface area contributed by atoms with Gasteiger partial charge in [0.05, 0.1) is 5.69 Å². The van der Waals surface area contributed by atoms with Crippen molar-refractivity contribution >= 4 is 22.5 Å². The van der Waals surface area contributed by atoms with E-state index < -0.39 is 12.3 Å². The van der Waals surface area contributed by atoms with Crippen LogP contribution in [0.1, 0.15) is 0 Å². The standard InChI is InChI=1S/C12H9F3N2O2/c13-12(14,15)17-11(19)16-9-5-1-4-8-7(9)3-2-6-10(8)18/h1-6,18H,(H2,16,17,19). The molecule has 2 aromatic carbocycles. The second kappa shape index (κ2) is 4.68. The van der Waals surface area contributed by atoms with E-state index in [1.807, 2.05) is 0 Å². The van der Waals surface area contributed by atoms with Crippen LogP contribution in [0.5, 0.6) is 5.75 Å². The van der Waals surface area contributed by atoms with E-state index >= 15 is 0 Å². The van der Waals surface area contributed by atoms with Crippen molar-refractivity contribution in [3.05, 3.63) is 36.4 Å². The van der Waals surface area contributed by atoms with Gasteiger partial charge in [0.15, 0.2) is 0 Å². The number of nitrogens with one attached hydrogen (secondary N) is 2. The Labute approximate surface area is 105 Å². The molecule has 2 amide bonds. The van der Waals surface area contributed by atoms with Gasteiger partial charge in [-0.3, -0.25) is 0 Å². The van der Waals surface area contributed by atoms with E-state index in [4.69, 9.17) is 0 Å². The first-order valence-electron chi connectivity index (χ1n) is 5.23. The summed E-state index contributed by atoms with van der Waals surface area (Å²) in [6, 6.07) is 7.73. The second-order valence-corrected chi connectivity index (χ2v) is 3.75. The molecular formula is C12H9F3N2O2. The maximum Gasteiger partial charge on any atom is 0.485 e. The molecule has 4 nitrogen and oxygen atoms in total. The van der Waals surface area contributed by atoms with Crippen LogP contribution in [0, 0.1) is 0 Å². The highest BCUT2D eigenvalue weighted by Gasteiger charge is 2.30. The van der Waals surface area contributed by atoms with Crippen LogP contribution in [0.2, 0.25) is 0 Å². The highest BCUT2D eigenvalue weighted by Crippen LogP contribution is 2.29. The van der Waals surface area contributed by atoms with Crippen LogP contribution >= 0.6 is 0 Å². The summed E-state index contributed by atoms with van der Waals surface area (Å²) in [7, 11) is 0. The molecule has 100 valence electrons. The summed E-state index contributed by atoms with van der Waals surface area (Å²) in [4.78, 5) is 11.2. The number of phenols is 1. The van der Waals surface area contributed by atoms with Crippen LogP contribution in [-0.2, 0) is 0 Å². The molecular weight excluding hydrogens is 261 g/mol. The summed E-state index contributed by atoms with van der Waals surface area (Å²) in [6.45, 7) is 0. The van der Waals surface area contributed by atoms with Gasteiger partial charge in [-0.15, -0.1) is 0 Å². The van der Waals surface area contributed by atoms with Crippen LogP contribution < -0.4 is 10.6 Å². The van der Waals surface area contributed by atoms with E-state index in [2.05, 4.69) is 5.32 Å². The van der Waals surface area contributed by atoms with Gasteiger partial charge in [-0.05, 0) is 12.1 Å². The number of hydrogen-bond donors (Lipinski definition) is 3. The van der Waals surface area contributed by atoms with Gasteiger partial charge in [0.1, 0.15) is 5.75 Å². The molecule has 0 heterocycles. The van der Waals surface area contributed by atoms with E-state index in [0.717, 1.165) is 5.32 Å². The molecule has 0 aliphatic carbocycles. The number of fused-ring (bicyclic) bond motifs is 1. The highest BCUT2D eigenvalue weighted by atomic mass is 19.4. The number of benzene rings is 2. The van der Waals surface area contributed by atoms with Gasteiger partial charge in [0, 0.05) is 10.8 Å². The summed E-state index contributed by atoms with van der Waals surface area (Å²) in [6.07, 6.45) is -4.79. The van der Waals surface area contributed by atoms with E-state index in [-0.39, 0.29) is 11.4 Å². The molecule has 0 saturated carbocycles. The Hall–Kier alpha value is -2.44. The van der Waals surface area contributed by atoms with Gasteiger partial charge in [0.25, 0.3) is 0 Å². The number of alkyl halides is 3. The molecule has 0 spiro atoms. The number of carbonyl (C=O) groups excluding carboxylic acids is 1. The lowest BCUT2D eigenvalue weighted by Gasteiger charge is -2.12. The topological polar surface area (TPSA) is 61.4 Å². The van der Waals surface area contributed by atoms with E-state index in [1.165, 1.54) is 24.3 Å². The number of carbonyl (C=O) groups is 1. The predicted molar refractivity (Wildman–Crippen MR) is 63.8 cm³/mol. The SMILES string of the molecule is O=C(Nc1cccc2c(O)cccc12)NC(F)(F)F. The lowest BCUT2D eigenvalue weighted by atomic mass is 10.1. The molecule has 0 aliphatic heterocycles. The molecule has 2 rings (SSSR count). The summed E-state index contributed by atoms with van der Waals surface area (Å²) >= 11 is 0. The number of hydrogen-bond acceptors (Lipinski definition) is 2. The Balaban J connectivity index is 2.31. The number of aromatic hydroxyl groups is 1. The fraction of sp³-hybridized carbons (Fsp3) is 0.0833. The van der Waals surface area contributed by atoms with Crippen molar-refractivity contribution in [3.8, 4) is 5.75 Å². The van der Waals surface area contributed by atoms with Crippen molar-refractivity contribution < 1.29 is 23.1 Å². The van der Waals surface area contributed by atoms with E-state index in [9.17, 15) is 23.1 Å². The number of amides is 2. The van der Waals surface area contributed by atoms with Gasteiger partial charge in [-0.1, -0.05) is 24.3 Å². The largest absolute Gasteiger partial charge is 0.507 e. The average Bonchev–Trinajstić information content (AvgIpc) is 2.28. The zero-order valence-electron chi connectivity index (χ0n) is 9.45. The molecule has 0 saturated heterocycles. The highest BCUT2D eigenvalue weighted by molar-refractivity contribution is 6.03. The third-order valence-corrected chi connectivity index (χ3v) is 2.40. The van der Waals surface area contributed by atoms with E-state index in [1.54, 1.807) is 12.1 Å². The first-order chi connectivity index (χ1) is 8.87. The minimum atomic E-state index is -4.79. The van der Waals surface area contributed by atoms with Crippen molar-refractivity contribution in [1.82, 2.24) is 5.32 Å². The molecule has 0 unspecified atom stereocenters. The normalized spacial score (nSPS) is 11.3. The summed E-state index contributed by atoms with van der Waals surface area (Å²) in [5.41, 5.74) is 0.176. The van der Waals surface area contributed by atoms with Crippen LogP contribution in [0.4, 0.5) is 23.7 Å². The van der Waals surface area contributed by atoms with Gasteiger partial charge >= 0.3 is 12.3 Å². The Bertz CT molecular complexity index is 626. The monoisotopic (exact) mass is 270 g/mol. The molecule has 0 atom stereocenters. The lowest BCUT2D eigenvalue weighted by Crippen LogP contribution is -2.40. The zero-order chi connectivity index (χ0) is 14.0. The van der Waals surface area contributed by atoms with Crippen LogP contribution in [0.3, 0.4) is 0 Å². The summed E-state index contributed by atoms with van der Waals surface area (Å²) in [5.74, 6) is -0.0163. The first kappa shape index (κ1) is 13.0. The van der Waals surface area contributed by atoms with Crippen molar-refractivity contribution in [2.45, 2.75) is 6.30 Å². The Morgan fingerprint density at radius 2 is 1.68 bits per heavy atom. The quantitative estimate of drug-likeness (QED) is 0.697. The van der Waals surface area contributed by atoms with Gasteiger partial charge in [0.2, 0.25) is 0 Å². The predicted octanol–water partition coefficient (Wildman–Crippen LogP) is 3.19. The Morgan fingerprint density at radius 3 is 2.37 bits per heavy atom. The van der Waals surface area contributed by atoms with Crippen LogP contribution in [-0.4, -0.2) is 17.4 Å². The zero-order valence-corrected chi connectivity index (χ0v) is 9.45. The number of phenolic OH excluding ortho intramolecular Hbond substituents is 1. The molecule has 3 N–H and O–H groups in total. The number of halogens is 3. The van der Waals surface area contributed by atoms with Gasteiger partial charge in [-0.2, -0.15) is 13.2 Å². The van der Waals surface area contributed by atoms with Crippen molar-refractivity contribution in [2.75, 3.05) is 5.32 Å². The van der Waals surface area contributed by atoms with Crippen LogP contribution in [0.15, 0.2) is 36.4 Å². The minimum Gasteiger partial charge on any atom is -0.507 e. The van der Waals surface area contributed by atoms with Crippen LogP contribution in [0.25, 0.3) is 10.8 Å². The van der Waals surface area contributed by atoms with E-state index in [0.29, 0.717) is 10.8 Å². The maximum absolute atomic E-state index is 12.0. The Kier molecular flexibility index (Phi) is 3.20. The molecule has 7 heteroatoms. The summed E-state index contributed by atoms with van der Waals surface area (Å²) in [5, 5.41) is 13.4. The smallest absolute Gasteiger partial charge is 0.485 e. The molecule has 0 bridgehead atoms. The second-order valence-electron chi connectivity index (χ2n) is 3.75. The third kappa shape index (κ3) is 3.06. The molecule has 0 aliphatic rings. The van der Waals surface area contributed by atoms with Crippen molar-refractivity contribution in [2.24, 2.45) is 0 Å². The molecule has 0 aromatic heterocycles. The van der Waals surface area contributed by atoms with Crippen molar-refractivity contribution in [3.63, 3.8) is 0 Å². The first-order valence-corrected chi connectivity index (χ1v) is 5.23. The van der Waals surface area contributed by atoms with Gasteiger partial charge < -0.3 is 10.4 Å². The minimum absolute atomic E-state index is 0.0163. The van der Waals surface area contributed by atoms with Crippen molar-refractivity contribution in [1.29, 1.82) is 0 Å². The molecule has 0 radical (unpaired) electrons. The Morgan fingerprint density at radius 1 is 1.05 bits per heavy atom. The third-order valence-electron chi connectivity index (χ3n) is 2.40. The lowest BCUT2D eigenvalue weighted by molar-refractivity contribution is -0.144. The number of anilines is 1. The maximum atomic E-state index is 12.0. The molecule has 0 fully saturated rings. The molecule has 19 heavy (non-hydrogen) atoms. The number of urea groups is 1. The van der Waals surface area contributed by atoms with Gasteiger partial charge in [-0.25, -0.2) is 10.1 Å². The average molecular weight is 270 g/mol. The number of rotatable bonds is 1.